The molecule has 0 radical (unpaired) electrons. The van der Waals surface area contributed by atoms with E-state index in [4.69, 9.17) is 9.84 Å². The van der Waals surface area contributed by atoms with Gasteiger partial charge in [0.1, 0.15) is 0 Å². The van der Waals surface area contributed by atoms with Crippen LogP contribution < -0.4 is 4.90 Å². The number of morpholine rings is 1. The summed E-state index contributed by atoms with van der Waals surface area (Å²) in [6.07, 6.45) is 0. The third kappa shape index (κ3) is 2.40. The average molecular weight is 213 g/mol. The summed E-state index contributed by atoms with van der Waals surface area (Å²) in [7, 11) is 0. The maximum absolute atomic E-state index is 10.4. The van der Waals surface area contributed by atoms with Gasteiger partial charge in [-0.2, -0.15) is 4.80 Å². The van der Waals surface area contributed by atoms with Gasteiger partial charge >= 0.3 is 5.97 Å². The highest BCUT2D eigenvalue weighted by atomic mass is 16.5. The Labute approximate surface area is 85.4 Å². The van der Waals surface area contributed by atoms with Gasteiger partial charge in [0.25, 0.3) is 5.95 Å². The zero-order valence-corrected chi connectivity index (χ0v) is 8.04. The summed E-state index contributed by atoms with van der Waals surface area (Å²) in [5.74, 6) is -0.527. The molecule has 8 heteroatoms. The first-order valence-corrected chi connectivity index (χ1v) is 4.58. The molecule has 2 rings (SSSR count). The van der Waals surface area contributed by atoms with Crippen molar-refractivity contribution < 1.29 is 14.6 Å². The lowest BCUT2D eigenvalue weighted by atomic mass is 10.4. The number of aliphatic carboxylic acids is 1. The van der Waals surface area contributed by atoms with Crippen LogP contribution >= 0.6 is 0 Å². The Morgan fingerprint density at radius 3 is 2.87 bits per heavy atom. The van der Waals surface area contributed by atoms with E-state index in [0.29, 0.717) is 32.3 Å². The summed E-state index contributed by atoms with van der Waals surface area (Å²) in [5, 5.41) is 19.9. The lowest BCUT2D eigenvalue weighted by Crippen LogP contribution is -2.37. The Morgan fingerprint density at radius 1 is 1.47 bits per heavy atom. The normalized spacial score (nSPS) is 16.7. The van der Waals surface area contributed by atoms with Crippen molar-refractivity contribution >= 4 is 11.9 Å². The van der Waals surface area contributed by atoms with Gasteiger partial charge in [-0.3, -0.25) is 4.79 Å². The quantitative estimate of drug-likeness (QED) is 0.659. The molecule has 0 spiro atoms. The summed E-state index contributed by atoms with van der Waals surface area (Å²) in [6.45, 7) is 2.41. The zero-order chi connectivity index (χ0) is 10.7. The van der Waals surface area contributed by atoms with E-state index < -0.39 is 5.97 Å². The van der Waals surface area contributed by atoms with E-state index in [0.717, 1.165) is 4.80 Å². The van der Waals surface area contributed by atoms with Gasteiger partial charge in [0.2, 0.25) is 0 Å². The summed E-state index contributed by atoms with van der Waals surface area (Å²) in [6, 6.07) is 0. The maximum Gasteiger partial charge on any atom is 0.327 e. The summed E-state index contributed by atoms with van der Waals surface area (Å²) in [5.41, 5.74) is 0. The lowest BCUT2D eigenvalue weighted by molar-refractivity contribution is -0.138. The van der Waals surface area contributed by atoms with E-state index in [-0.39, 0.29) is 6.54 Å². The maximum atomic E-state index is 10.4. The minimum Gasteiger partial charge on any atom is -0.480 e. The Bertz CT molecular complexity index is 346. The van der Waals surface area contributed by atoms with Crippen LogP contribution in [0.3, 0.4) is 0 Å². The van der Waals surface area contributed by atoms with E-state index in [1.807, 2.05) is 4.90 Å². The predicted molar refractivity (Wildman–Crippen MR) is 48.5 cm³/mol. The molecule has 0 amide bonds. The van der Waals surface area contributed by atoms with E-state index in [2.05, 4.69) is 15.4 Å². The first kappa shape index (κ1) is 9.84. The van der Waals surface area contributed by atoms with Crippen molar-refractivity contribution in [2.24, 2.45) is 0 Å². The van der Waals surface area contributed by atoms with Gasteiger partial charge in [0.05, 0.1) is 13.2 Å². The number of nitrogens with zero attached hydrogens (tertiary/aromatic N) is 5. The number of hydrogen-bond donors (Lipinski definition) is 1. The van der Waals surface area contributed by atoms with Crippen molar-refractivity contribution in [1.29, 1.82) is 0 Å². The molecule has 0 aromatic carbocycles. The van der Waals surface area contributed by atoms with Gasteiger partial charge in [-0.1, -0.05) is 5.10 Å². The fourth-order valence-electron chi connectivity index (χ4n) is 1.31. The van der Waals surface area contributed by atoms with Crippen molar-refractivity contribution in [2.75, 3.05) is 31.2 Å². The molecular formula is C7H11N5O3. The smallest absolute Gasteiger partial charge is 0.327 e. The molecule has 0 aliphatic carbocycles. The molecule has 1 aliphatic heterocycles. The second-order valence-electron chi connectivity index (χ2n) is 3.11. The second-order valence-corrected chi connectivity index (χ2v) is 3.11. The summed E-state index contributed by atoms with van der Waals surface area (Å²) < 4.78 is 5.17. The standard InChI is InChI=1S/C7H11N5O3/c13-6(14)5-12-9-7(8-10-12)11-1-3-15-4-2-11/h1-5H2,(H,13,14). The van der Waals surface area contributed by atoms with Crippen LogP contribution in [0.15, 0.2) is 0 Å². The Kier molecular flexibility index (Phi) is 2.77. The number of ether oxygens (including phenoxy) is 1. The van der Waals surface area contributed by atoms with Crippen LogP contribution in [0, 0.1) is 0 Å². The number of carboxylic acid groups (broad SMARTS) is 1. The summed E-state index contributed by atoms with van der Waals surface area (Å²) in [4.78, 5) is 13.4. The Morgan fingerprint density at radius 2 is 2.20 bits per heavy atom. The van der Waals surface area contributed by atoms with Gasteiger partial charge in [-0.25, -0.2) is 0 Å². The lowest BCUT2D eigenvalue weighted by Gasteiger charge is -2.24. The van der Waals surface area contributed by atoms with Crippen LogP contribution in [0.25, 0.3) is 0 Å². The fourth-order valence-corrected chi connectivity index (χ4v) is 1.31. The highest BCUT2D eigenvalue weighted by Crippen LogP contribution is 2.06. The molecule has 82 valence electrons. The number of hydrogen-bond acceptors (Lipinski definition) is 6. The molecule has 1 aromatic heterocycles. The number of anilines is 1. The van der Waals surface area contributed by atoms with Crippen molar-refractivity contribution in [3.05, 3.63) is 0 Å². The first-order chi connectivity index (χ1) is 7.25. The van der Waals surface area contributed by atoms with Crippen LogP contribution in [0.5, 0.6) is 0 Å². The van der Waals surface area contributed by atoms with Crippen molar-refractivity contribution in [3.63, 3.8) is 0 Å². The van der Waals surface area contributed by atoms with Gasteiger partial charge in [0, 0.05) is 13.1 Å². The van der Waals surface area contributed by atoms with Crippen molar-refractivity contribution in [2.45, 2.75) is 6.54 Å². The van der Waals surface area contributed by atoms with E-state index >= 15 is 0 Å². The largest absolute Gasteiger partial charge is 0.480 e. The van der Waals surface area contributed by atoms with E-state index in [1.165, 1.54) is 0 Å². The molecule has 2 heterocycles. The molecule has 0 unspecified atom stereocenters. The minimum atomic E-state index is -0.985. The molecular weight excluding hydrogens is 202 g/mol. The molecule has 1 saturated heterocycles. The molecule has 15 heavy (non-hydrogen) atoms. The number of tetrazole rings is 1. The Balaban J connectivity index is 2.02. The highest BCUT2D eigenvalue weighted by Gasteiger charge is 2.16. The summed E-state index contributed by atoms with van der Waals surface area (Å²) >= 11 is 0. The van der Waals surface area contributed by atoms with Crippen molar-refractivity contribution in [3.8, 4) is 0 Å². The van der Waals surface area contributed by atoms with Crippen LogP contribution in [0.2, 0.25) is 0 Å². The van der Waals surface area contributed by atoms with Crippen LogP contribution in [0.4, 0.5) is 5.95 Å². The molecule has 0 saturated carbocycles. The van der Waals surface area contributed by atoms with Crippen LogP contribution in [-0.2, 0) is 16.1 Å². The zero-order valence-electron chi connectivity index (χ0n) is 8.04. The van der Waals surface area contributed by atoms with Gasteiger partial charge in [-0.05, 0) is 5.21 Å². The third-order valence-electron chi connectivity index (χ3n) is 2.01. The first-order valence-electron chi connectivity index (χ1n) is 4.58. The van der Waals surface area contributed by atoms with Gasteiger partial charge in [0.15, 0.2) is 6.54 Å². The SMILES string of the molecule is O=C(O)Cn1nnc(N2CCOCC2)n1. The average Bonchev–Trinajstić information content (AvgIpc) is 2.67. The van der Waals surface area contributed by atoms with E-state index in [1.54, 1.807) is 0 Å². The number of carboxylic acids is 1. The molecule has 1 aliphatic rings. The second kappa shape index (κ2) is 4.22. The topological polar surface area (TPSA) is 93.4 Å². The predicted octanol–water partition coefficient (Wildman–Crippen LogP) is -1.41. The van der Waals surface area contributed by atoms with Gasteiger partial charge in [-0.15, -0.1) is 5.10 Å². The monoisotopic (exact) mass is 213 g/mol. The van der Waals surface area contributed by atoms with Crippen molar-refractivity contribution in [1.82, 2.24) is 20.2 Å². The third-order valence-corrected chi connectivity index (χ3v) is 2.01. The van der Waals surface area contributed by atoms with E-state index in [9.17, 15) is 4.79 Å². The fraction of sp³-hybridized carbons (Fsp3) is 0.714. The van der Waals surface area contributed by atoms with Crippen LogP contribution in [-0.4, -0.2) is 57.6 Å². The molecule has 1 fully saturated rings. The molecule has 1 aromatic rings. The number of rotatable bonds is 3. The Hall–Kier alpha value is -1.70. The molecule has 1 N–H and O–H groups in total. The van der Waals surface area contributed by atoms with Gasteiger partial charge < -0.3 is 14.7 Å². The molecule has 0 atom stereocenters. The molecule has 0 bridgehead atoms. The number of carbonyl (C=O) groups is 1. The molecule has 8 nitrogen and oxygen atoms in total. The number of aromatic nitrogens is 4. The van der Waals surface area contributed by atoms with Crippen LogP contribution in [0.1, 0.15) is 0 Å². The highest BCUT2D eigenvalue weighted by molar-refractivity contribution is 5.66. The minimum absolute atomic E-state index is 0.267.